The molecule has 1 aliphatic rings. The van der Waals surface area contributed by atoms with Crippen molar-refractivity contribution in [3.63, 3.8) is 0 Å². The van der Waals surface area contributed by atoms with E-state index in [9.17, 15) is 13.2 Å². The highest BCUT2D eigenvalue weighted by atomic mass is 32.2. The fourth-order valence-electron chi connectivity index (χ4n) is 3.71. The van der Waals surface area contributed by atoms with Crippen molar-refractivity contribution in [1.29, 1.82) is 0 Å². The molecule has 0 radical (unpaired) electrons. The number of nitrogens with zero attached hydrogens (tertiary/aromatic N) is 1. The first kappa shape index (κ1) is 22.3. The minimum atomic E-state index is -3.53. The maximum atomic E-state index is 13.1. The molecule has 7 heteroatoms. The van der Waals surface area contributed by atoms with E-state index in [2.05, 4.69) is 5.32 Å². The lowest BCUT2D eigenvalue weighted by molar-refractivity contribution is -0.123. The molecular weight excluding hydrogens is 400 g/mol. The first-order valence-electron chi connectivity index (χ1n) is 10.4. The summed E-state index contributed by atoms with van der Waals surface area (Å²) in [5.41, 5.74) is 2.10. The molecule has 1 fully saturated rings. The van der Waals surface area contributed by atoms with Crippen molar-refractivity contribution in [2.24, 2.45) is 0 Å². The van der Waals surface area contributed by atoms with Crippen LogP contribution in [-0.4, -0.2) is 44.4 Å². The lowest BCUT2D eigenvalue weighted by Crippen LogP contribution is -2.45. The number of rotatable bonds is 8. The largest absolute Gasteiger partial charge is 0.484 e. The Morgan fingerprint density at radius 2 is 1.87 bits per heavy atom. The standard InChI is InChI=1S/C23H30N2O4S/c1-18-9-11-22(12-10-18)30(27,28)25-15-4-3-7-20(25)13-14-24-23(26)17-29-21-8-5-6-19(2)16-21/h5-6,8-12,16,20H,3-4,7,13-15,17H2,1-2H3,(H,24,26). The summed E-state index contributed by atoms with van der Waals surface area (Å²) in [4.78, 5) is 12.4. The second-order valence-electron chi connectivity index (χ2n) is 7.82. The van der Waals surface area contributed by atoms with Gasteiger partial charge in [-0.05, 0) is 62.9 Å². The molecule has 1 N–H and O–H groups in total. The number of amides is 1. The number of hydrogen-bond donors (Lipinski definition) is 1. The molecule has 0 spiro atoms. The van der Waals surface area contributed by atoms with Crippen molar-refractivity contribution in [1.82, 2.24) is 9.62 Å². The van der Waals surface area contributed by atoms with Crippen LogP contribution in [0.15, 0.2) is 53.4 Å². The monoisotopic (exact) mass is 430 g/mol. The molecule has 3 rings (SSSR count). The molecule has 0 aromatic heterocycles. The Bertz CT molecular complexity index is 957. The van der Waals surface area contributed by atoms with E-state index in [1.54, 1.807) is 16.4 Å². The number of hydrogen-bond acceptors (Lipinski definition) is 4. The Balaban J connectivity index is 1.53. The van der Waals surface area contributed by atoms with Gasteiger partial charge in [0.05, 0.1) is 4.90 Å². The molecule has 1 unspecified atom stereocenters. The Kier molecular flexibility index (Phi) is 7.50. The second-order valence-corrected chi connectivity index (χ2v) is 9.71. The normalized spacial score (nSPS) is 17.5. The van der Waals surface area contributed by atoms with Gasteiger partial charge in [-0.15, -0.1) is 0 Å². The average molecular weight is 431 g/mol. The fraction of sp³-hybridized carbons (Fsp3) is 0.435. The molecule has 162 valence electrons. The van der Waals surface area contributed by atoms with E-state index in [-0.39, 0.29) is 18.6 Å². The van der Waals surface area contributed by atoms with Crippen LogP contribution in [0.5, 0.6) is 5.75 Å². The Labute approximate surface area is 179 Å². The molecule has 2 aromatic carbocycles. The molecular formula is C23H30N2O4S. The molecule has 1 atom stereocenters. The van der Waals surface area contributed by atoms with Crippen LogP contribution in [0.1, 0.15) is 36.8 Å². The predicted octanol–water partition coefficient (Wildman–Crippen LogP) is 3.43. The molecule has 30 heavy (non-hydrogen) atoms. The third-order valence-corrected chi connectivity index (χ3v) is 7.33. The fourth-order valence-corrected chi connectivity index (χ4v) is 5.43. The first-order valence-corrected chi connectivity index (χ1v) is 11.8. The topological polar surface area (TPSA) is 75.7 Å². The summed E-state index contributed by atoms with van der Waals surface area (Å²) in [5, 5.41) is 2.85. The van der Waals surface area contributed by atoms with Gasteiger partial charge >= 0.3 is 0 Å². The van der Waals surface area contributed by atoms with Crippen LogP contribution in [0.2, 0.25) is 0 Å². The van der Waals surface area contributed by atoms with Gasteiger partial charge in [-0.25, -0.2) is 8.42 Å². The van der Waals surface area contributed by atoms with Gasteiger partial charge < -0.3 is 10.1 Å². The van der Waals surface area contributed by atoms with Crippen LogP contribution in [0.3, 0.4) is 0 Å². The van der Waals surface area contributed by atoms with E-state index in [0.29, 0.717) is 30.2 Å². The van der Waals surface area contributed by atoms with E-state index in [0.717, 1.165) is 30.4 Å². The molecule has 1 aliphatic heterocycles. The molecule has 0 saturated carbocycles. The van der Waals surface area contributed by atoms with Crippen molar-refractivity contribution in [3.8, 4) is 5.75 Å². The molecule has 0 aliphatic carbocycles. The second kappa shape index (κ2) is 10.1. The number of sulfonamides is 1. The Morgan fingerprint density at radius 1 is 1.10 bits per heavy atom. The number of ether oxygens (including phenoxy) is 1. The Morgan fingerprint density at radius 3 is 2.60 bits per heavy atom. The zero-order chi connectivity index (χ0) is 21.6. The third-order valence-electron chi connectivity index (χ3n) is 5.36. The summed E-state index contributed by atoms with van der Waals surface area (Å²) < 4.78 is 33.3. The SMILES string of the molecule is Cc1ccc(S(=O)(=O)N2CCCCC2CCNC(=O)COc2cccc(C)c2)cc1. The summed E-state index contributed by atoms with van der Waals surface area (Å²) in [6.07, 6.45) is 3.25. The van der Waals surface area contributed by atoms with Crippen LogP contribution in [0.4, 0.5) is 0 Å². The smallest absolute Gasteiger partial charge is 0.257 e. The molecule has 1 saturated heterocycles. The number of piperidine rings is 1. The maximum Gasteiger partial charge on any atom is 0.257 e. The third kappa shape index (κ3) is 5.83. The van der Waals surface area contributed by atoms with Gasteiger partial charge in [-0.2, -0.15) is 4.31 Å². The van der Waals surface area contributed by atoms with Gasteiger partial charge in [0.2, 0.25) is 10.0 Å². The van der Waals surface area contributed by atoms with E-state index >= 15 is 0 Å². The van der Waals surface area contributed by atoms with Gasteiger partial charge in [0.1, 0.15) is 5.75 Å². The summed E-state index contributed by atoms with van der Waals surface area (Å²) in [6.45, 7) is 4.78. The zero-order valence-corrected chi connectivity index (χ0v) is 18.5. The highest BCUT2D eigenvalue weighted by molar-refractivity contribution is 7.89. The molecule has 2 aromatic rings. The summed E-state index contributed by atoms with van der Waals surface area (Å²) in [5.74, 6) is 0.452. The minimum Gasteiger partial charge on any atom is -0.484 e. The van der Waals surface area contributed by atoms with Gasteiger partial charge in [0.15, 0.2) is 6.61 Å². The van der Waals surface area contributed by atoms with Crippen LogP contribution < -0.4 is 10.1 Å². The highest BCUT2D eigenvalue weighted by Crippen LogP contribution is 2.27. The number of carbonyl (C=O) groups excluding carboxylic acids is 1. The van der Waals surface area contributed by atoms with Crippen LogP contribution in [-0.2, 0) is 14.8 Å². The number of nitrogens with one attached hydrogen (secondary N) is 1. The van der Waals surface area contributed by atoms with Crippen LogP contribution in [0.25, 0.3) is 0 Å². The first-order chi connectivity index (χ1) is 14.4. The van der Waals surface area contributed by atoms with Gasteiger partial charge in [0, 0.05) is 19.1 Å². The quantitative estimate of drug-likeness (QED) is 0.696. The van der Waals surface area contributed by atoms with Gasteiger partial charge in [0.25, 0.3) is 5.91 Å². The summed E-state index contributed by atoms with van der Waals surface area (Å²) in [7, 11) is -3.53. The minimum absolute atomic E-state index is 0.0561. The van der Waals surface area contributed by atoms with E-state index < -0.39 is 10.0 Å². The van der Waals surface area contributed by atoms with Gasteiger partial charge in [-0.1, -0.05) is 36.2 Å². The van der Waals surface area contributed by atoms with Gasteiger partial charge in [-0.3, -0.25) is 4.79 Å². The van der Waals surface area contributed by atoms with E-state index in [4.69, 9.17) is 4.74 Å². The number of benzene rings is 2. The van der Waals surface area contributed by atoms with Crippen LogP contribution in [0, 0.1) is 13.8 Å². The van der Waals surface area contributed by atoms with E-state index in [1.165, 1.54) is 0 Å². The van der Waals surface area contributed by atoms with Crippen molar-refractivity contribution in [3.05, 3.63) is 59.7 Å². The number of carbonyl (C=O) groups is 1. The molecule has 1 heterocycles. The van der Waals surface area contributed by atoms with E-state index in [1.807, 2.05) is 50.2 Å². The lowest BCUT2D eigenvalue weighted by atomic mass is 10.0. The number of aryl methyl sites for hydroxylation is 2. The highest BCUT2D eigenvalue weighted by Gasteiger charge is 2.33. The average Bonchev–Trinajstić information content (AvgIpc) is 2.73. The maximum absolute atomic E-state index is 13.1. The summed E-state index contributed by atoms with van der Waals surface area (Å²) >= 11 is 0. The van der Waals surface area contributed by atoms with Crippen molar-refractivity contribution >= 4 is 15.9 Å². The van der Waals surface area contributed by atoms with Crippen molar-refractivity contribution in [2.75, 3.05) is 19.7 Å². The molecule has 6 nitrogen and oxygen atoms in total. The lowest BCUT2D eigenvalue weighted by Gasteiger charge is -2.34. The Hall–Kier alpha value is -2.38. The summed E-state index contributed by atoms with van der Waals surface area (Å²) in [6, 6.07) is 14.4. The molecule has 1 amide bonds. The predicted molar refractivity (Wildman–Crippen MR) is 117 cm³/mol. The van der Waals surface area contributed by atoms with Crippen LogP contribution >= 0.6 is 0 Å². The molecule has 0 bridgehead atoms. The zero-order valence-electron chi connectivity index (χ0n) is 17.6. The van der Waals surface area contributed by atoms with Crippen molar-refractivity contribution in [2.45, 2.75) is 50.5 Å². The van der Waals surface area contributed by atoms with Crippen molar-refractivity contribution < 1.29 is 17.9 Å².